The van der Waals surface area contributed by atoms with Gasteiger partial charge in [0.15, 0.2) is 5.12 Å². The van der Waals surface area contributed by atoms with E-state index in [4.69, 9.17) is 0 Å². The lowest BCUT2D eigenvalue weighted by atomic mass is 9.64. The van der Waals surface area contributed by atoms with E-state index in [1.165, 1.54) is 24.3 Å². The van der Waals surface area contributed by atoms with Crippen molar-refractivity contribution in [1.29, 1.82) is 0 Å². The van der Waals surface area contributed by atoms with Crippen LogP contribution < -0.4 is 0 Å². The number of carbonyl (C=O) groups is 2. The number of Topliss-reactive ketones (excluding diaryl/α,β-unsaturated/α-hetero) is 1. The zero-order chi connectivity index (χ0) is 17.6. The van der Waals surface area contributed by atoms with Gasteiger partial charge in [0.25, 0.3) is 0 Å². The molecule has 8 unspecified atom stereocenters. The molecular formula is C20H30O2S3. The third-order valence-corrected chi connectivity index (χ3v) is 10.7. The fourth-order valence-electron chi connectivity index (χ4n) is 6.89. The van der Waals surface area contributed by atoms with Gasteiger partial charge in [0, 0.05) is 34.8 Å². The summed E-state index contributed by atoms with van der Waals surface area (Å²) in [6.45, 7) is 1.79. The van der Waals surface area contributed by atoms with Crippen LogP contribution >= 0.6 is 35.3 Å². The second kappa shape index (κ2) is 7.79. The van der Waals surface area contributed by atoms with Crippen LogP contribution in [-0.4, -0.2) is 40.2 Å². The predicted molar refractivity (Wildman–Crippen MR) is 110 cm³/mol. The zero-order valence-corrected chi connectivity index (χ0v) is 17.8. The van der Waals surface area contributed by atoms with Gasteiger partial charge in [0.2, 0.25) is 0 Å². The van der Waals surface area contributed by atoms with Crippen molar-refractivity contribution in [2.24, 2.45) is 47.3 Å². The molecule has 140 valence electrons. The molecule has 0 heterocycles. The van der Waals surface area contributed by atoms with Crippen molar-refractivity contribution in [1.82, 2.24) is 0 Å². The van der Waals surface area contributed by atoms with Gasteiger partial charge >= 0.3 is 0 Å². The lowest BCUT2D eigenvalue weighted by Gasteiger charge is -2.40. The summed E-state index contributed by atoms with van der Waals surface area (Å²) in [5, 5.41) is 0.471. The molecule has 2 nitrogen and oxygen atoms in total. The Hall–Kier alpha value is 0.390. The summed E-state index contributed by atoms with van der Waals surface area (Å²) < 4.78 is 0. The number of carbonyl (C=O) groups excluding carboxylic acids is 2. The van der Waals surface area contributed by atoms with Gasteiger partial charge in [-0.1, -0.05) is 11.8 Å². The molecule has 0 amide bonds. The van der Waals surface area contributed by atoms with Gasteiger partial charge in [-0.05, 0) is 74.4 Å². The molecule has 25 heavy (non-hydrogen) atoms. The van der Waals surface area contributed by atoms with Crippen LogP contribution in [-0.2, 0) is 9.59 Å². The van der Waals surface area contributed by atoms with Crippen LogP contribution in [0.3, 0.4) is 0 Å². The highest BCUT2D eigenvalue weighted by Crippen LogP contribution is 2.70. The van der Waals surface area contributed by atoms with Crippen molar-refractivity contribution < 1.29 is 9.59 Å². The molecule has 0 aliphatic heterocycles. The maximum Gasteiger partial charge on any atom is 0.192 e. The highest BCUT2D eigenvalue weighted by Gasteiger charge is 2.65. The van der Waals surface area contributed by atoms with Gasteiger partial charge in [-0.15, -0.1) is 0 Å². The molecule has 0 aromatic heterocycles. The number of hydrogen-bond donors (Lipinski definition) is 0. The molecule has 4 fully saturated rings. The molecule has 0 aromatic rings. The second-order valence-corrected chi connectivity index (χ2v) is 11.9. The Morgan fingerprint density at radius 2 is 1.48 bits per heavy atom. The summed E-state index contributed by atoms with van der Waals surface area (Å²) in [6, 6.07) is 0. The largest absolute Gasteiger partial charge is 0.300 e. The van der Waals surface area contributed by atoms with Crippen molar-refractivity contribution in [3.63, 3.8) is 0 Å². The zero-order valence-electron chi connectivity index (χ0n) is 15.3. The van der Waals surface area contributed by atoms with E-state index in [1.54, 1.807) is 18.7 Å². The first-order chi connectivity index (χ1) is 12.1. The number of fused-ring (bicyclic) bond motifs is 9. The minimum absolute atomic E-state index is 0.305. The minimum atomic E-state index is 0.305. The lowest BCUT2D eigenvalue weighted by Crippen LogP contribution is -2.39. The molecule has 0 saturated heterocycles. The van der Waals surface area contributed by atoms with Crippen LogP contribution in [0.4, 0.5) is 0 Å². The number of rotatable bonds is 8. The topological polar surface area (TPSA) is 34.1 Å². The van der Waals surface area contributed by atoms with Crippen LogP contribution in [0.1, 0.15) is 32.6 Å². The number of hydrogen-bond acceptors (Lipinski definition) is 5. The first-order valence-electron chi connectivity index (χ1n) is 9.85. The Kier molecular flexibility index (Phi) is 5.84. The predicted octanol–water partition coefficient (Wildman–Crippen LogP) is 4.48. The fraction of sp³-hybridized carbons (Fsp3) is 0.900. The molecular weight excluding hydrogens is 368 g/mol. The molecule has 4 aliphatic carbocycles. The summed E-state index contributed by atoms with van der Waals surface area (Å²) >= 11 is 5.47. The highest BCUT2D eigenvalue weighted by molar-refractivity contribution is 8.14. The Morgan fingerprint density at radius 3 is 2.16 bits per heavy atom. The Balaban J connectivity index is 1.31. The van der Waals surface area contributed by atoms with E-state index in [0.717, 1.165) is 42.1 Å². The Morgan fingerprint density at radius 1 is 0.840 bits per heavy atom. The fourth-order valence-corrected chi connectivity index (χ4v) is 9.73. The van der Waals surface area contributed by atoms with Gasteiger partial charge in [0.1, 0.15) is 5.78 Å². The van der Waals surface area contributed by atoms with Gasteiger partial charge in [-0.25, -0.2) is 0 Å². The van der Waals surface area contributed by atoms with E-state index in [1.807, 2.05) is 23.5 Å². The van der Waals surface area contributed by atoms with Crippen LogP contribution in [0.5, 0.6) is 0 Å². The normalized spacial score (nSPS) is 43.6. The van der Waals surface area contributed by atoms with E-state index in [-0.39, 0.29) is 0 Å². The SMILES string of the molecule is CSCCSCCSC(=O)C1CC2CC1C1C3CC(CC3C(C)=O)C21. The molecule has 4 saturated carbocycles. The average molecular weight is 399 g/mol. The molecule has 0 N–H and O–H groups in total. The van der Waals surface area contributed by atoms with Crippen LogP contribution in [0.2, 0.25) is 0 Å². The van der Waals surface area contributed by atoms with Crippen molar-refractivity contribution in [3.8, 4) is 0 Å². The lowest BCUT2D eigenvalue weighted by molar-refractivity contribution is -0.124. The summed E-state index contributed by atoms with van der Waals surface area (Å²) in [6.07, 6.45) is 7.03. The Bertz CT molecular complexity index is 537. The first-order valence-corrected chi connectivity index (χ1v) is 13.4. The molecule has 0 radical (unpaired) electrons. The summed E-state index contributed by atoms with van der Waals surface area (Å²) in [4.78, 5) is 24.8. The summed E-state index contributed by atoms with van der Waals surface area (Å²) in [5.41, 5.74) is 0. The summed E-state index contributed by atoms with van der Waals surface area (Å²) in [7, 11) is 0. The first kappa shape index (κ1) is 18.7. The quantitative estimate of drug-likeness (QED) is 0.445. The van der Waals surface area contributed by atoms with Gasteiger partial charge in [0.05, 0.1) is 0 Å². The standard InChI is InChI=1S/C20H30O2S3/c1-11(21)14-7-12-8-15(14)19-16-9-13(18(12)19)10-17(16)20(22)25-6-5-24-4-3-23-2/h12-19H,3-10H2,1-2H3. The molecule has 0 spiro atoms. The smallest absolute Gasteiger partial charge is 0.192 e. The van der Waals surface area contributed by atoms with Crippen molar-refractivity contribution in [3.05, 3.63) is 0 Å². The third-order valence-electron chi connectivity index (χ3n) is 7.55. The molecule has 0 aromatic carbocycles. The van der Waals surface area contributed by atoms with E-state index in [2.05, 4.69) is 6.26 Å². The van der Waals surface area contributed by atoms with E-state index in [9.17, 15) is 9.59 Å². The molecule has 5 heteroatoms. The van der Waals surface area contributed by atoms with E-state index in [0.29, 0.717) is 40.5 Å². The van der Waals surface area contributed by atoms with Crippen LogP contribution in [0.15, 0.2) is 0 Å². The molecule has 8 atom stereocenters. The molecule has 4 aliphatic rings. The second-order valence-electron chi connectivity index (χ2n) is 8.54. The molecule has 4 bridgehead atoms. The Labute approximate surface area is 164 Å². The monoisotopic (exact) mass is 398 g/mol. The van der Waals surface area contributed by atoms with Crippen molar-refractivity contribution in [2.75, 3.05) is 29.3 Å². The van der Waals surface area contributed by atoms with Gasteiger partial charge in [-0.2, -0.15) is 23.5 Å². The van der Waals surface area contributed by atoms with Gasteiger partial charge < -0.3 is 0 Å². The number of thioether (sulfide) groups is 3. The maximum absolute atomic E-state index is 12.8. The van der Waals surface area contributed by atoms with E-state index < -0.39 is 0 Å². The maximum atomic E-state index is 12.8. The van der Waals surface area contributed by atoms with Crippen molar-refractivity contribution >= 4 is 46.2 Å². The average Bonchev–Trinajstić information content (AvgIpc) is 3.34. The van der Waals surface area contributed by atoms with Gasteiger partial charge in [-0.3, -0.25) is 9.59 Å². The minimum Gasteiger partial charge on any atom is -0.300 e. The van der Waals surface area contributed by atoms with E-state index >= 15 is 0 Å². The number of ketones is 1. The highest BCUT2D eigenvalue weighted by atomic mass is 32.2. The molecule has 4 rings (SSSR count). The van der Waals surface area contributed by atoms with Crippen LogP contribution in [0, 0.1) is 47.3 Å². The van der Waals surface area contributed by atoms with Crippen molar-refractivity contribution in [2.45, 2.75) is 32.6 Å². The summed E-state index contributed by atoms with van der Waals surface area (Å²) in [5.74, 6) is 9.90. The third kappa shape index (κ3) is 3.35. The van der Waals surface area contributed by atoms with Crippen LogP contribution in [0.25, 0.3) is 0 Å².